The Morgan fingerprint density at radius 3 is 2.45 bits per heavy atom. The first kappa shape index (κ1) is 14.9. The number of halogens is 2. The van der Waals surface area contributed by atoms with E-state index in [0.29, 0.717) is 18.2 Å². The molecule has 0 amide bonds. The van der Waals surface area contributed by atoms with Gasteiger partial charge in [0, 0.05) is 5.88 Å². The Morgan fingerprint density at radius 2 is 1.75 bits per heavy atom. The highest BCUT2D eigenvalue weighted by molar-refractivity contribution is 6.17. The van der Waals surface area contributed by atoms with E-state index in [4.69, 9.17) is 16.3 Å². The molecule has 0 spiro atoms. The summed E-state index contributed by atoms with van der Waals surface area (Å²) in [4.78, 5) is 0. The van der Waals surface area contributed by atoms with Gasteiger partial charge in [0.05, 0.1) is 6.61 Å². The number of hydrogen-bond donors (Lipinski definition) is 0. The van der Waals surface area contributed by atoms with E-state index in [9.17, 15) is 4.39 Å². The Hall–Kier alpha value is -1.54. The normalized spacial score (nSPS) is 10.5. The molecule has 0 saturated heterocycles. The molecule has 0 aliphatic rings. The van der Waals surface area contributed by atoms with Gasteiger partial charge in [-0.2, -0.15) is 0 Å². The Labute approximate surface area is 124 Å². The first-order valence-corrected chi connectivity index (χ1v) is 7.34. The fraction of sp³-hybridized carbons (Fsp3) is 0.294. The largest absolute Gasteiger partial charge is 0.491 e. The van der Waals surface area contributed by atoms with Gasteiger partial charge in [-0.3, -0.25) is 0 Å². The molecule has 0 N–H and O–H groups in total. The van der Waals surface area contributed by atoms with Gasteiger partial charge in [0.25, 0.3) is 0 Å². The summed E-state index contributed by atoms with van der Waals surface area (Å²) in [7, 11) is 0. The Morgan fingerprint density at radius 1 is 0.950 bits per heavy atom. The van der Waals surface area contributed by atoms with E-state index in [1.54, 1.807) is 12.1 Å². The van der Waals surface area contributed by atoms with Crippen LogP contribution in [-0.2, 0) is 12.3 Å². The second kappa shape index (κ2) is 7.91. The third-order valence-electron chi connectivity index (χ3n) is 3.11. The van der Waals surface area contributed by atoms with Gasteiger partial charge in [-0.15, -0.1) is 11.6 Å². The van der Waals surface area contributed by atoms with Gasteiger partial charge >= 0.3 is 0 Å². The highest BCUT2D eigenvalue weighted by Crippen LogP contribution is 2.19. The van der Waals surface area contributed by atoms with Gasteiger partial charge in [0.2, 0.25) is 0 Å². The molecule has 0 unspecified atom stereocenters. The number of unbranched alkanes of at least 4 members (excludes halogenated alkanes) is 1. The number of ether oxygens (including phenoxy) is 1. The van der Waals surface area contributed by atoms with Crippen LogP contribution in [-0.4, -0.2) is 6.61 Å². The van der Waals surface area contributed by atoms with Gasteiger partial charge in [0.1, 0.15) is 0 Å². The van der Waals surface area contributed by atoms with E-state index < -0.39 is 0 Å². The molecule has 2 aromatic rings. The summed E-state index contributed by atoms with van der Waals surface area (Å²) in [5, 5.41) is 0. The number of benzene rings is 2. The first-order chi connectivity index (χ1) is 9.79. The van der Waals surface area contributed by atoms with Crippen molar-refractivity contribution in [2.75, 3.05) is 6.61 Å². The summed E-state index contributed by atoms with van der Waals surface area (Å²) < 4.78 is 19.1. The number of hydrogen-bond acceptors (Lipinski definition) is 1. The molecule has 1 nitrogen and oxygen atoms in total. The second-order valence-corrected chi connectivity index (χ2v) is 4.96. The minimum absolute atomic E-state index is 0.304. The summed E-state index contributed by atoms with van der Waals surface area (Å²) in [5.74, 6) is 0.277. The lowest BCUT2D eigenvalue weighted by atomic mass is 10.1. The molecule has 0 atom stereocenters. The maximum absolute atomic E-state index is 13.6. The molecule has 0 radical (unpaired) electrons. The molecule has 3 heteroatoms. The Balaban J connectivity index is 1.71. The van der Waals surface area contributed by atoms with E-state index in [-0.39, 0.29) is 5.82 Å². The fourth-order valence-corrected chi connectivity index (χ4v) is 2.17. The zero-order valence-corrected chi connectivity index (χ0v) is 12.1. The van der Waals surface area contributed by atoms with Crippen LogP contribution in [0.25, 0.3) is 0 Å². The smallest absolute Gasteiger partial charge is 0.165 e. The zero-order chi connectivity index (χ0) is 14.2. The van der Waals surface area contributed by atoms with Crippen molar-refractivity contribution in [3.8, 4) is 5.75 Å². The topological polar surface area (TPSA) is 9.23 Å². The summed E-state index contributed by atoms with van der Waals surface area (Å²) in [5.41, 5.74) is 2.09. The highest BCUT2D eigenvalue weighted by atomic mass is 35.5. The van der Waals surface area contributed by atoms with Crippen LogP contribution in [0.4, 0.5) is 4.39 Å². The van der Waals surface area contributed by atoms with Crippen molar-refractivity contribution in [3.63, 3.8) is 0 Å². The monoisotopic (exact) mass is 292 g/mol. The van der Waals surface area contributed by atoms with Crippen LogP contribution < -0.4 is 4.74 Å². The lowest BCUT2D eigenvalue weighted by molar-refractivity contribution is 0.292. The highest BCUT2D eigenvalue weighted by Gasteiger charge is 2.04. The first-order valence-electron chi connectivity index (χ1n) is 6.80. The molecule has 2 rings (SSSR count). The summed E-state index contributed by atoms with van der Waals surface area (Å²) >= 11 is 5.65. The summed E-state index contributed by atoms with van der Waals surface area (Å²) in [6.07, 6.45) is 2.97. The SMILES string of the molecule is Fc1cc(CCl)ccc1OCCCCc1ccccc1. The molecule has 0 saturated carbocycles. The maximum atomic E-state index is 13.6. The van der Waals surface area contributed by atoms with Gasteiger partial charge in [0.15, 0.2) is 11.6 Å². The van der Waals surface area contributed by atoms with Crippen molar-refractivity contribution < 1.29 is 9.13 Å². The number of aryl methyl sites for hydroxylation is 1. The molecular weight excluding hydrogens is 275 g/mol. The van der Waals surface area contributed by atoms with Crippen molar-refractivity contribution in [2.24, 2.45) is 0 Å². The van der Waals surface area contributed by atoms with Crippen LogP contribution in [0.2, 0.25) is 0 Å². The Bertz CT molecular complexity index is 528. The van der Waals surface area contributed by atoms with Crippen LogP contribution in [0.3, 0.4) is 0 Å². The maximum Gasteiger partial charge on any atom is 0.165 e. The molecule has 106 valence electrons. The van der Waals surface area contributed by atoms with Crippen molar-refractivity contribution in [1.29, 1.82) is 0 Å². The minimum Gasteiger partial charge on any atom is -0.491 e. The predicted molar refractivity (Wildman–Crippen MR) is 80.8 cm³/mol. The van der Waals surface area contributed by atoms with Crippen LogP contribution in [0, 0.1) is 5.82 Å². The zero-order valence-electron chi connectivity index (χ0n) is 11.3. The molecule has 0 fully saturated rings. The van der Waals surface area contributed by atoms with Crippen LogP contribution in [0.5, 0.6) is 5.75 Å². The molecule has 0 aliphatic carbocycles. The second-order valence-electron chi connectivity index (χ2n) is 4.69. The number of rotatable bonds is 7. The lowest BCUT2D eigenvalue weighted by Gasteiger charge is -2.08. The number of alkyl halides is 1. The summed E-state index contributed by atoms with van der Waals surface area (Å²) in [6.45, 7) is 0.532. The molecule has 0 bridgehead atoms. The molecule has 0 aromatic heterocycles. The van der Waals surface area contributed by atoms with Crippen molar-refractivity contribution >= 4 is 11.6 Å². The lowest BCUT2D eigenvalue weighted by Crippen LogP contribution is -2.00. The van der Waals surface area contributed by atoms with E-state index in [1.165, 1.54) is 11.6 Å². The van der Waals surface area contributed by atoms with Crippen LogP contribution in [0.1, 0.15) is 24.0 Å². The third kappa shape index (κ3) is 4.53. The third-order valence-corrected chi connectivity index (χ3v) is 3.42. The predicted octanol–water partition coefficient (Wildman–Crippen LogP) is 4.97. The van der Waals surface area contributed by atoms with Crippen molar-refractivity contribution in [2.45, 2.75) is 25.1 Å². The summed E-state index contributed by atoms with van der Waals surface area (Å²) in [6, 6.07) is 15.2. The Kier molecular flexibility index (Phi) is 5.87. The molecule has 0 aliphatic heterocycles. The van der Waals surface area contributed by atoms with Crippen LogP contribution in [0.15, 0.2) is 48.5 Å². The molecule has 20 heavy (non-hydrogen) atoms. The van der Waals surface area contributed by atoms with Crippen molar-refractivity contribution in [3.05, 3.63) is 65.5 Å². The van der Waals surface area contributed by atoms with E-state index >= 15 is 0 Å². The average Bonchev–Trinajstić information content (AvgIpc) is 2.49. The molecule has 2 aromatic carbocycles. The standard InChI is InChI=1S/C17H18ClFO/c18-13-15-9-10-17(16(19)12-15)20-11-5-4-8-14-6-2-1-3-7-14/h1-3,6-7,9-10,12H,4-5,8,11,13H2. The van der Waals surface area contributed by atoms with Gasteiger partial charge < -0.3 is 4.74 Å². The molecular formula is C17H18ClFO. The van der Waals surface area contributed by atoms with E-state index in [2.05, 4.69) is 12.1 Å². The minimum atomic E-state index is -0.341. The molecule has 0 heterocycles. The fourth-order valence-electron chi connectivity index (χ4n) is 2.00. The quantitative estimate of drug-likeness (QED) is 0.517. The van der Waals surface area contributed by atoms with Crippen molar-refractivity contribution in [1.82, 2.24) is 0 Å². The van der Waals surface area contributed by atoms with E-state index in [0.717, 1.165) is 24.8 Å². The van der Waals surface area contributed by atoms with Gasteiger partial charge in [-0.25, -0.2) is 4.39 Å². The average molecular weight is 293 g/mol. The van der Waals surface area contributed by atoms with Crippen LogP contribution >= 0.6 is 11.6 Å². The van der Waals surface area contributed by atoms with Gasteiger partial charge in [-0.05, 0) is 42.5 Å². The van der Waals surface area contributed by atoms with E-state index in [1.807, 2.05) is 18.2 Å². The van der Waals surface area contributed by atoms with Gasteiger partial charge in [-0.1, -0.05) is 36.4 Å².